The highest BCUT2D eigenvalue weighted by molar-refractivity contribution is 6.01. The van der Waals surface area contributed by atoms with Crippen molar-refractivity contribution in [3.8, 4) is 0 Å². The summed E-state index contributed by atoms with van der Waals surface area (Å²) in [7, 11) is 0. The maximum Gasteiger partial charge on any atom is 0.257 e. The smallest absolute Gasteiger partial charge is 0.257 e. The summed E-state index contributed by atoms with van der Waals surface area (Å²) in [6, 6.07) is 0.167. The van der Waals surface area contributed by atoms with Crippen molar-refractivity contribution in [2.75, 3.05) is 0 Å². The molecule has 1 heterocycles. The molecule has 0 aromatic heterocycles. The van der Waals surface area contributed by atoms with Crippen LogP contribution >= 0.6 is 0 Å². The number of carbonyl (C=O) groups is 1. The Bertz CT molecular complexity index is 177. The normalized spacial score (nSPS) is 25.9. The molecule has 0 aromatic carbocycles. The predicted octanol–water partition coefficient (Wildman–Crippen LogP) is 0.216. The first-order chi connectivity index (χ1) is 3.75. The Morgan fingerprint density at radius 1 is 1.88 bits per heavy atom. The van der Waals surface area contributed by atoms with Gasteiger partial charge in [-0.2, -0.15) is 0 Å². The van der Waals surface area contributed by atoms with Gasteiger partial charge in [0.15, 0.2) is 0 Å². The van der Waals surface area contributed by atoms with Crippen LogP contribution in [0.4, 0.5) is 0 Å². The van der Waals surface area contributed by atoms with E-state index in [4.69, 9.17) is 0 Å². The van der Waals surface area contributed by atoms with E-state index in [9.17, 15) is 4.79 Å². The number of amides is 1. The maximum atomic E-state index is 10.4. The summed E-state index contributed by atoms with van der Waals surface area (Å²) in [6.45, 7) is 5.26. The van der Waals surface area contributed by atoms with Crippen molar-refractivity contribution in [1.29, 1.82) is 0 Å². The highest BCUT2D eigenvalue weighted by Crippen LogP contribution is 2.09. The molecular formula is C6H7NO. The van der Waals surface area contributed by atoms with E-state index in [0.29, 0.717) is 5.57 Å². The second-order valence-corrected chi connectivity index (χ2v) is 1.79. The van der Waals surface area contributed by atoms with Crippen LogP contribution in [0.15, 0.2) is 17.9 Å². The molecule has 1 fully saturated rings. The third-order valence-electron chi connectivity index (χ3n) is 1.22. The second kappa shape index (κ2) is 1.49. The molecule has 0 spiro atoms. The summed E-state index contributed by atoms with van der Waals surface area (Å²) < 4.78 is 0. The Morgan fingerprint density at radius 2 is 2.50 bits per heavy atom. The summed E-state index contributed by atoms with van der Waals surface area (Å²) in [5.41, 5.74) is 3.23. The van der Waals surface area contributed by atoms with Gasteiger partial charge in [0.2, 0.25) is 0 Å². The summed E-state index contributed by atoms with van der Waals surface area (Å²) in [4.78, 5) is 10.4. The first-order valence-corrected chi connectivity index (χ1v) is 2.46. The van der Waals surface area contributed by atoms with Gasteiger partial charge in [-0.15, -0.1) is 5.73 Å². The molecule has 42 valence electrons. The van der Waals surface area contributed by atoms with Crippen LogP contribution < -0.4 is 5.32 Å². The highest BCUT2D eigenvalue weighted by atomic mass is 16.2. The number of hydrogen-bond acceptors (Lipinski definition) is 1. The van der Waals surface area contributed by atoms with E-state index in [1.807, 2.05) is 6.92 Å². The lowest BCUT2D eigenvalue weighted by atomic mass is 10.0. The van der Waals surface area contributed by atoms with Gasteiger partial charge in [-0.25, -0.2) is 0 Å². The Kier molecular flexibility index (Phi) is 0.959. The van der Waals surface area contributed by atoms with Crippen LogP contribution in [0.25, 0.3) is 0 Å². The third-order valence-corrected chi connectivity index (χ3v) is 1.22. The first kappa shape index (κ1) is 5.13. The fourth-order valence-electron chi connectivity index (χ4n) is 0.699. The zero-order valence-corrected chi connectivity index (χ0v) is 4.69. The van der Waals surface area contributed by atoms with E-state index in [1.54, 1.807) is 0 Å². The average molecular weight is 109 g/mol. The lowest BCUT2D eigenvalue weighted by Gasteiger charge is -2.24. The number of β-lactam (4-membered cyclic amide) rings is 1. The largest absolute Gasteiger partial charge is 0.344 e. The molecule has 0 radical (unpaired) electrons. The van der Waals surface area contributed by atoms with E-state index < -0.39 is 0 Å². The standard InChI is InChI=1S/C6H7NO/c1-3-5-4(2)7-6(5)8/h4H,1H2,2H3,(H,7,8). The zero-order valence-electron chi connectivity index (χ0n) is 4.69. The average Bonchev–Trinajstić information content (AvgIpc) is 1.67. The minimum Gasteiger partial charge on any atom is -0.344 e. The van der Waals surface area contributed by atoms with Crippen LogP contribution in [0.5, 0.6) is 0 Å². The van der Waals surface area contributed by atoms with Crippen LogP contribution in [0.1, 0.15) is 6.92 Å². The molecule has 1 unspecified atom stereocenters. The molecule has 1 rings (SSSR count). The van der Waals surface area contributed by atoms with Gasteiger partial charge in [-0.3, -0.25) is 4.79 Å². The number of rotatable bonds is 0. The Labute approximate surface area is 47.9 Å². The predicted molar refractivity (Wildman–Crippen MR) is 30.3 cm³/mol. The molecule has 0 saturated carbocycles. The number of carbonyl (C=O) groups excluding carboxylic acids is 1. The van der Waals surface area contributed by atoms with Gasteiger partial charge in [0.25, 0.3) is 5.91 Å². The molecule has 8 heavy (non-hydrogen) atoms. The molecule has 1 amide bonds. The molecule has 1 aliphatic heterocycles. The van der Waals surface area contributed by atoms with Crippen molar-refractivity contribution in [3.05, 3.63) is 17.9 Å². The van der Waals surface area contributed by atoms with Crippen molar-refractivity contribution >= 4 is 5.91 Å². The molecule has 2 heteroatoms. The molecular weight excluding hydrogens is 102 g/mol. The van der Waals surface area contributed by atoms with Crippen LogP contribution in [-0.4, -0.2) is 11.9 Å². The lowest BCUT2D eigenvalue weighted by molar-refractivity contribution is -0.121. The molecule has 1 aliphatic rings. The van der Waals surface area contributed by atoms with E-state index in [-0.39, 0.29) is 11.9 Å². The quantitative estimate of drug-likeness (QED) is 0.269. The molecule has 1 N–H and O–H groups in total. The molecule has 0 bridgehead atoms. The van der Waals surface area contributed by atoms with E-state index in [2.05, 4.69) is 17.6 Å². The van der Waals surface area contributed by atoms with Gasteiger partial charge >= 0.3 is 0 Å². The summed E-state index contributed by atoms with van der Waals surface area (Å²) >= 11 is 0. The summed E-state index contributed by atoms with van der Waals surface area (Å²) in [6.07, 6.45) is 0. The minimum absolute atomic E-state index is 0.0347. The van der Waals surface area contributed by atoms with E-state index in [1.165, 1.54) is 0 Å². The Balaban J connectivity index is 2.81. The summed E-state index contributed by atoms with van der Waals surface area (Å²) in [5, 5.41) is 2.63. The van der Waals surface area contributed by atoms with E-state index >= 15 is 0 Å². The first-order valence-electron chi connectivity index (χ1n) is 2.46. The van der Waals surface area contributed by atoms with Crippen molar-refractivity contribution in [3.63, 3.8) is 0 Å². The molecule has 1 atom stereocenters. The Morgan fingerprint density at radius 3 is 2.62 bits per heavy atom. The van der Waals surface area contributed by atoms with Gasteiger partial charge in [0.1, 0.15) is 0 Å². The van der Waals surface area contributed by atoms with Gasteiger partial charge in [-0.1, -0.05) is 6.58 Å². The number of nitrogens with one attached hydrogen (secondary N) is 1. The molecule has 2 nitrogen and oxygen atoms in total. The third kappa shape index (κ3) is 0.471. The lowest BCUT2D eigenvalue weighted by Crippen LogP contribution is -2.48. The fraction of sp³-hybridized carbons (Fsp3) is 0.333. The van der Waals surface area contributed by atoms with Gasteiger partial charge in [0.05, 0.1) is 11.6 Å². The van der Waals surface area contributed by atoms with Crippen molar-refractivity contribution in [1.82, 2.24) is 5.32 Å². The van der Waals surface area contributed by atoms with Gasteiger partial charge in [0, 0.05) is 0 Å². The minimum atomic E-state index is -0.0347. The van der Waals surface area contributed by atoms with Crippen molar-refractivity contribution in [2.24, 2.45) is 0 Å². The molecule has 1 saturated heterocycles. The monoisotopic (exact) mass is 109 g/mol. The molecule has 0 aliphatic carbocycles. The highest BCUT2D eigenvalue weighted by Gasteiger charge is 2.27. The summed E-state index contributed by atoms with van der Waals surface area (Å²) in [5.74, 6) is -0.0347. The topological polar surface area (TPSA) is 29.1 Å². The Hall–Kier alpha value is -1.01. The zero-order chi connectivity index (χ0) is 6.15. The van der Waals surface area contributed by atoms with Crippen LogP contribution in [0.2, 0.25) is 0 Å². The van der Waals surface area contributed by atoms with Crippen molar-refractivity contribution in [2.45, 2.75) is 13.0 Å². The second-order valence-electron chi connectivity index (χ2n) is 1.79. The SMILES string of the molecule is C=C=C1C(=O)NC1C. The molecule has 0 aromatic rings. The maximum absolute atomic E-state index is 10.4. The van der Waals surface area contributed by atoms with Crippen LogP contribution in [-0.2, 0) is 4.79 Å². The van der Waals surface area contributed by atoms with Gasteiger partial charge in [-0.05, 0) is 6.92 Å². The van der Waals surface area contributed by atoms with Crippen molar-refractivity contribution < 1.29 is 4.79 Å². The van der Waals surface area contributed by atoms with Gasteiger partial charge < -0.3 is 5.32 Å². The van der Waals surface area contributed by atoms with E-state index in [0.717, 1.165) is 0 Å². The van der Waals surface area contributed by atoms with Crippen LogP contribution in [0.3, 0.4) is 0 Å². The fourth-order valence-corrected chi connectivity index (χ4v) is 0.699. The van der Waals surface area contributed by atoms with Crippen LogP contribution in [0, 0.1) is 0 Å². The number of hydrogen-bond donors (Lipinski definition) is 1.